The molecule has 0 bridgehead atoms. The van der Waals surface area contributed by atoms with Gasteiger partial charge in [0.05, 0.1) is 8.07 Å². The first-order chi connectivity index (χ1) is 9.51. The van der Waals surface area contributed by atoms with Gasteiger partial charge in [-0.15, -0.1) is 0 Å². The van der Waals surface area contributed by atoms with Gasteiger partial charge in [-0.2, -0.15) is 0 Å². The normalized spacial score (nSPS) is 13.4. The Labute approximate surface area is 124 Å². The third-order valence-electron chi connectivity index (χ3n) is 4.25. The van der Waals surface area contributed by atoms with E-state index >= 15 is 0 Å². The molecule has 1 atom stereocenters. The Balaban J connectivity index is 2.29. The number of benzene rings is 2. The van der Waals surface area contributed by atoms with E-state index in [0.29, 0.717) is 5.67 Å². The maximum Gasteiger partial charge on any atom is 0.0991 e. The van der Waals surface area contributed by atoms with Gasteiger partial charge in [0.25, 0.3) is 0 Å². The van der Waals surface area contributed by atoms with E-state index in [-0.39, 0.29) is 0 Å². The van der Waals surface area contributed by atoms with E-state index in [4.69, 9.17) is 0 Å². The first kappa shape index (κ1) is 15.0. The summed E-state index contributed by atoms with van der Waals surface area (Å²) < 4.78 is 0. The SMILES string of the molecule is CN(C)C(Cc1ccccc1)[Si](C)(C)c1ccccc1. The Morgan fingerprint density at radius 3 is 1.85 bits per heavy atom. The molecule has 0 spiro atoms. The maximum absolute atomic E-state index is 2.48. The topological polar surface area (TPSA) is 3.24 Å². The predicted octanol–water partition coefficient (Wildman–Crippen LogP) is 3.31. The molecule has 0 heterocycles. The Morgan fingerprint density at radius 1 is 0.850 bits per heavy atom. The molecule has 2 heteroatoms. The van der Waals surface area contributed by atoms with Crippen LogP contribution in [0.25, 0.3) is 0 Å². The molecule has 2 aromatic carbocycles. The number of hydrogen-bond donors (Lipinski definition) is 0. The van der Waals surface area contributed by atoms with Crippen molar-refractivity contribution in [1.29, 1.82) is 0 Å². The highest BCUT2D eigenvalue weighted by molar-refractivity contribution is 6.91. The van der Waals surface area contributed by atoms with Crippen LogP contribution in [0.2, 0.25) is 13.1 Å². The predicted molar refractivity (Wildman–Crippen MR) is 91.2 cm³/mol. The van der Waals surface area contributed by atoms with Crippen molar-refractivity contribution in [2.75, 3.05) is 14.1 Å². The molecule has 0 aromatic heterocycles. The standard InChI is InChI=1S/C18H25NSi/c1-19(2)18(15-16-11-7-5-8-12-16)20(3,4)17-13-9-6-10-14-17/h5-14,18H,15H2,1-4H3. The summed E-state index contributed by atoms with van der Waals surface area (Å²) in [7, 11) is 2.90. The van der Waals surface area contributed by atoms with Gasteiger partial charge in [-0.1, -0.05) is 78.9 Å². The van der Waals surface area contributed by atoms with Crippen molar-refractivity contribution in [3.63, 3.8) is 0 Å². The molecule has 0 aliphatic carbocycles. The smallest absolute Gasteiger partial charge is 0.0991 e. The molecular weight excluding hydrogens is 258 g/mol. The Bertz CT molecular complexity index is 520. The monoisotopic (exact) mass is 283 g/mol. The zero-order valence-corrected chi connectivity index (χ0v) is 14.0. The summed E-state index contributed by atoms with van der Waals surface area (Å²) >= 11 is 0. The van der Waals surface area contributed by atoms with Crippen LogP contribution in [0.5, 0.6) is 0 Å². The van der Waals surface area contributed by atoms with Crippen LogP contribution in [-0.4, -0.2) is 32.7 Å². The van der Waals surface area contributed by atoms with Gasteiger partial charge in [-0.3, -0.25) is 0 Å². The highest BCUT2D eigenvalue weighted by Crippen LogP contribution is 2.18. The maximum atomic E-state index is 2.48. The molecule has 1 unspecified atom stereocenters. The van der Waals surface area contributed by atoms with Gasteiger partial charge in [0.2, 0.25) is 0 Å². The van der Waals surface area contributed by atoms with E-state index in [9.17, 15) is 0 Å². The van der Waals surface area contributed by atoms with Crippen molar-refractivity contribution >= 4 is 13.3 Å². The van der Waals surface area contributed by atoms with Crippen LogP contribution in [0.3, 0.4) is 0 Å². The van der Waals surface area contributed by atoms with Crippen LogP contribution >= 0.6 is 0 Å². The Kier molecular flexibility index (Phi) is 4.79. The van der Waals surface area contributed by atoms with Crippen molar-refractivity contribution < 1.29 is 0 Å². The molecule has 1 nitrogen and oxygen atoms in total. The van der Waals surface area contributed by atoms with Gasteiger partial charge in [0, 0.05) is 5.67 Å². The lowest BCUT2D eigenvalue weighted by molar-refractivity contribution is 0.363. The van der Waals surface area contributed by atoms with E-state index < -0.39 is 8.07 Å². The molecule has 0 radical (unpaired) electrons. The summed E-state index contributed by atoms with van der Waals surface area (Å²) in [4.78, 5) is 2.41. The molecule has 0 aliphatic rings. The second-order valence-corrected chi connectivity index (χ2v) is 10.9. The second kappa shape index (κ2) is 6.38. The van der Waals surface area contributed by atoms with Crippen LogP contribution < -0.4 is 5.19 Å². The lowest BCUT2D eigenvalue weighted by atomic mass is 10.1. The fraction of sp³-hybridized carbons (Fsp3) is 0.333. The molecule has 20 heavy (non-hydrogen) atoms. The third kappa shape index (κ3) is 3.38. The molecule has 2 aromatic rings. The quantitative estimate of drug-likeness (QED) is 0.761. The molecule has 0 saturated heterocycles. The average molecular weight is 283 g/mol. The minimum Gasteiger partial charge on any atom is -0.308 e. The highest BCUT2D eigenvalue weighted by Gasteiger charge is 2.34. The zero-order chi connectivity index (χ0) is 14.6. The summed E-state index contributed by atoms with van der Waals surface area (Å²) in [6.45, 7) is 4.96. The fourth-order valence-corrected chi connectivity index (χ4v) is 6.45. The van der Waals surface area contributed by atoms with Gasteiger partial charge in [0.1, 0.15) is 0 Å². The van der Waals surface area contributed by atoms with Gasteiger partial charge in [0.15, 0.2) is 0 Å². The number of likely N-dealkylation sites (N-methyl/N-ethyl adjacent to an activating group) is 1. The van der Waals surface area contributed by atoms with Gasteiger partial charge in [-0.25, -0.2) is 0 Å². The minimum absolute atomic E-state index is 0.604. The minimum atomic E-state index is -1.53. The largest absolute Gasteiger partial charge is 0.308 e. The summed E-state index contributed by atoms with van der Waals surface area (Å²) in [6, 6.07) is 21.9. The lowest BCUT2D eigenvalue weighted by Gasteiger charge is -2.38. The molecule has 0 aliphatic heterocycles. The van der Waals surface area contributed by atoms with Crippen LogP contribution in [0.1, 0.15) is 5.56 Å². The van der Waals surface area contributed by atoms with Crippen LogP contribution in [-0.2, 0) is 6.42 Å². The molecule has 0 saturated carbocycles. The van der Waals surface area contributed by atoms with E-state index in [2.05, 4.69) is 92.8 Å². The van der Waals surface area contributed by atoms with Gasteiger partial charge in [-0.05, 0) is 26.1 Å². The van der Waals surface area contributed by atoms with Crippen LogP contribution in [0.15, 0.2) is 60.7 Å². The average Bonchev–Trinajstić information content (AvgIpc) is 2.46. The first-order valence-electron chi connectivity index (χ1n) is 7.27. The van der Waals surface area contributed by atoms with Gasteiger partial charge < -0.3 is 4.90 Å². The van der Waals surface area contributed by atoms with Crippen molar-refractivity contribution in [1.82, 2.24) is 4.90 Å². The van der Waals surface area contributed by atoms with E-state index in [1.807, 2.05) is 0 Å². The summed E-state index contributed by atoms with van der Waals surface area (Å²) in [6.07, 6.45) is 1.13. The van der Waals surface area contributed by atoms with Crippen molar-refractivity contribution in [2.45, 2.75) is 25.2 Å². The van der Waals surface area contributed by atoms with Crippen LogP contribution in [0, 0.1) is 0 Å². The molecular formula is C18H25NSi. The van der Waals surface area contributed by atoms with E-state index in [1.54, 1.807) is 0 Å². The van der Waals surface area contributed by atoms with Crippen LogP contribution in [0.4, 0.5) is 0 Å². The zero-order valence-electron chi connectivity index (χ0n) is 13.0. The molecule has 0 amide bonds. The summed E-state index contributed by atoms with van der Waals surface area (Å²) in [5, 5.41) is 1.54. The summed E-state index contributed by atoms with van der Waals surface area (Å²) in [5.41, 5.74) is 2.04. The van der Waals surface area contributed by atoms with Crippen molar-refractivity contribution in [2.24, 2.45) is 0 Å². The van der Waals surface area contributed by atoms with Crippen molar-refractivity contribution in [3.8, 4) is 0 Å². The molecule has 0 N–H and O–H groups in total. The Hall–Kier alpha value is -1.38. The van der Waals surface area contributed by atoms with Crippen molar-refractivity contribution in [3.05, 3.63) is 66.2 Å². The van der Waals surface area contributed by atoms with E-state index in [1.165, 1.54) is 10.8 Å². The summed E-state index contributed by atoms with van der Waals surface area (Å²) in [5.74, 6) is 0. The molecule has 0 fully saturated rings. The number of rotatable bonds is 5. The third-order valence-corrected chi connectivity index (χ3v) is 8.45. The highest BCUT2D eigenvalue weighted by atomic mass is 28.3. The molecule has 106 valence electrons. The Morgan fingerprint density at radius 2 is 1.35 bits per heavy atom. The van der Waals surface area contributed by atoms with E-state index in [0.717, 1.165) is 6.42 Å². The second-order valence-electron chi connectivity index (χ2n) is 6.26. The fourth-order valence-electron chi connectivity index (χ4n) is 2.98. The first-order valence-corrected chi connectivity index (χ1v) is 10.4. The number of hydrogen-bond acceptors (Lipinski definition) is 1. The van der Waals surface area contributed by atoms with Gasteiger partial charge >= 0.3 is 0 Å². The molecule has 2 rings (SSSR count). The number of nitrogens with zero attached hydrogens (tertiary/aromatic N) is 1. The lowest BCUT2D eigenvalue weighted by Crippen LogP contribution is -2.59.